The fourth-order valence-electron chi connectivity index (χ4n) is 5.58. The lowest BCUT2D eigenvalue weighted by Crippen LogP contribution is -2.10. The van der Waals surface area contributed by atoms with E-state index in [1.165, 1.54) is 33.3 Å². The normalized spacial score (nSPS) is 10.6. The van der Waals surface area contributed by atoms with Gasteiger partial charge < -0.3 is 22.2 Å². The molecule has 11 nitrogen and oxygen atoms in total. The minimum Gasteiger partial charge on any atom is -0.469 e. The molecule has 0 aliphatic rings. The van der Waals surface area contributed by atoms with Crippen LogP contribution in [0.25, 0.3) is 0 Å². The van der Waals surface area contributed by atoms with E-state index in [0.717, 1.165) is 34.6 Å². The van der Waals surface area contributed by atoms with Crippen LogP contribution >= 0.6 is 11.3 Å². The lowest BCUT2D eigenvalue weighted by atomic mass is 10.1. The molecule has 7 rings (SSSR count). The summed E-state index contributed by atoms with van der Waals surface area (Å²) in [6, 6.07) is 7.55. The Balaban J connectivity index is -0.000000384. The van der Waals surface area contributed by atoms with E-state index in [4.69, 9.17) is 17.7 Å². The molecule has 74 heavy (non-hydrogen) atoms. The summed E-state index contributed by atoms with van der Waals surface area (Å²) in [6.45, 7) is 38.7. The number of halogens is 5. The summed E-state index contributed by atoms with van der Waals surface area (Å²) in [6.07, 6.45) is 0.964. The van der Waals surface area contributed by atoms with Gasteiger partial charge in [-0.3, -0.25) is 4.68 Å². The molecule has 0 spiro atoms. The van der Waals surface area contributed by atoms with Crippen LogP contribution in [0.5, 0.6) is 0 Å². The fraction of sp³-hybridized carbons (Fsp3) is 0.596. The largest absolute Gasteiger partial charge is 0.469 e. The number of furan rings is 3. The van der Waals surface area contributed by atoms with Gasteiger partial charge in [0.15, 0.2) is 5.89 Å². The first kappa shape index (κ1) is 75.2. The van der Waals surface area contributed by atoms with Gasteiger partial charge in [-0.05, 0) is 87.4 Å². The minimum atomic E-state index is -4.15. The number of aryl methyl sites for hydroxylation is 6. The Bertz CT molecular complexity index is 2250. The number of rotatable bonds is 9. The maximum atomic E-state index is 11.9. The van der Waals surface area contributed by atoms with Crippen molar-refractivity contribution in [3.05, 3.63) is 134 Å². The second kappa shape index (κ2) is 36.6. The van der Waals surface area contributed by atoms with Gasteiger partial charge >= 0.3 is 12.6 Å². The molecule has 17 heteroatoms. The second-order valence-corrected chi connectivity index (χ2v) is 20.2. The summed E-state index contributed by atoms with van der Waals surface area (Å²) >= 11 is 1.78. The molecule has 0 aromatic carbocycles. The topological polar surface area (TPSA) is 135 Å². The first-order valence-electron chi connectivity index (χ1n) is 23.6. The number of hydrogen-bond acceptors (Lipinski definition) is 11. The third-order valence-corrected chi connectivity index (χ3v) is 10.7. The van der Waals surface area contributed by atoms with Gasteiger partial charge in [0.05, 0.1) is 35.3 Å². The van der Waals surface area contributed by atoms with Crippen molar-refractivity contribution in [3.63, 3.8) is 0 Å². The third kappa shape index (κ3) is 30.1. The molecule has 0 atom stereocenters. The SMILES string of the molecule is C.C.C.C.CC(C)c1cc(CC(F)(F)F)co1.CC(C)c1nc(C(F)F)no1.Cc1ccc(C(C)C)o1.Cc1coc(C(C)C)c1.Cc1coc(C(C)C)n1.Cc1ncc(C(C)C)s1.Cc1nn(C)cc1C(C)C. The zero-order chi connectivity index (χ0) is 53.6. The summed E-state index contributed by atoms with van der Waals surface area (Å²) < 4.78 is 86.5. The van der Waals surface area contributed by atoms with Crippen LogP contribution in [-0.4, -0.2) is 36.1 Å². The molecule has 0 aliphatic carbocycles. The van der Waals surface area contributed by atoms with Gasteiger partial charge in [-0.1, -0.05) is 132 Å². The predicted molar refractivity (Wildman–Crippen MR) is 296 cm³/mol. The first-order chi connectivity index (χ1) is 32.4. The Hall–Kier alpha value is -5.32. The van der Waals surface area contributed by atoms with E-state index < -0.39 is 24.8 Å². The van der Waals surface area contributed by atoms with Crippen LogP contribution < -0.4 is 0 Å². The molecule has 0 unspecified atom stereocenters. The Morgan fingerprint density at radius 1 is 0.622 bits per heavy atom. The van der Waals surface area contributed by atoms with E-state index >= 15 is 0 Å². The Kier molecular flexibility index (Phi) is 37.2. The van der Waals surface area contributed by atoms with Crippen molar-refractivity contribution >= 4 is 11.3 Å². The third-order valence-electron chi connectivity index (χ3n) is 9.46. The average molecular weight is 1070 g/mol. The zero-order valence-corrected chi connectivity index (χ0v) is 45.9. The minimum absolute atomic E-state index is 0. The van der Waals surface area contributed by atoms with Gasteiger partial charge in [0, 0.05) is 53.9 Å². The summed E-state index contributed by atoms with van der Waals surface area (Å²) in [4.78, 5) is 13.2. The maximum Gasteiger partial charge on any atom is 0.393 e. The molecular weight excluding hydrogens is 976 g/mol. The monoisotopic (exact) mass is 1070 g/mol. The van der Waals surface area contributed by atoms with E-state index in [1.54, 1.807) is 37.7 Å². The number of aromatic nitrogens is 6. The van der Waals surface area contributed by atoms with Crippen molar-refractivity contribution in [1.82, 2.24) is 29.9 Å². The standard InChI is InChI=1S/C9H11F3O.C8H14N2.2C8H12O.C7H11NO.C7H11NS.C6H8F2N2O.4CH4/c1-6(2)8-3-7(5-13-8)4-9(10,11)12;1-6(2)8-5-10(4)9-7(8)3;1-6(2)8-4-7(3)5-9-8;1-6(2)8-5-4-7(3)9-8;1-5(2)7-8-6(3)4-9-7;1-5(2)7-4-8-6(3)9-7;1-3(2)6-9-5(4(7)8)10-11-6;;;;/h3,5-6H,4H2,1-2H3;5-6H,1-4H3;2*4-6H,1-3H3;2*4-5H,1-3H3;3-4H,1-2H3;4*1H4. The summed E-state index contributed by atoms with van der Waals surface area (Å²) in [5, 5.41) is 8.52. The van der Waals surface area contributed by atoms with E-state index in [1.807, 2.05) is 71.6 Å². The van der Waals surface area contributed by atoms with Crippen LogP contribution in [-0.2, 0) is 13.5 Å². The van der Waals surface area contributed by atoms with Crippen LogP contribution in [0, 0.1) is 34.6 Å². The molecule has 7 heterocycles. The number of nitrogens with zero attached hydrogens (tertiary/aromatic N) is 6. The Labute approximate surface area is 446 Å². The zero-order valence-electron chi connectivity index (χ0n) is 45.0. The maximum absolute atomic E-state index is 11.9. The fourth-order valence-corrected chi connectivity index (χ4v) is 6.37. The molecule has 424 valence electrons. The molecule has 0 bridgehead atoms. The number of alkyl halides is 5. The molecule has 7 aromatic rings. The van der Waals surface area contributed by atoms with Gasteiger partial charge in [-0.15, -0.1) is 11.3 Å². The highest BCUT2D eigenvalue weighted by molar-refractivity contribution is 7.11. The molecule has 0 N–H and O–H groups in total. The van der Waals surface area contributed by atoms with Crippen LogP contribution in [0.3, 0.4) is 0 Å². The van der Waals surface area contributed by atoms with Gasteiger partial charge in [-0.2, -0.15) is 23.3 Å². The summed E-state index contributed by atoms with van der Waals surface area (Å²) in [5.41, 5.74) is 4.86. The molecule has 0 amide bonds. The lowest BCUT2D eigenvalue weighted by Gasteiger charge is -2.02. The van der Waals surface area contributed by atoms with Crippen molar-refractivity contribution in [3.8, 4) is 0 Å². The van der Waals surface area contributed by atoms with Crippen LogP contribution in [0.1, 0.15) is 253 Å². The van der Waals surface area contributed by atoms with Crippen molar-refractivity contribution in [2.24, 2.45) is 7.05 Å². The summed E-state index contributed by atoms with van der Waals surface area (Å²) in [7, 11) is 1.96. The Morgan fingerprint density at radius 2 is 1.16 bits per heavy atom. The van der Waals surface area contributed by atoms with E-state index in [0.29, 0.717) is 35.3 Å². The number of hydrogen-bond donors (Lipinski definition) is 0. The van der Waals surface area contributed by atoms with Crippen LogP contribution in [0.15, 0.2) is 77.6 Å². The molecule has 0 saturated heterocycles. The summed E-state index contributed by atoms with van der Waals surface area (Å²) in [5.74, 6) is 7.07. The average Bonchev–Trinajstić information content (AvgIpc) is 4.10. The van der Waals surface area contributed by atoms with Gasteiger partial charge in [0.25, 0.3) is 0 Å². The predicted octanol–water partition coefficient (Wildman–Crippen LogP) is 20.1. The van der Waals surface area contributed by atoms with Crippen molar-refractivity contribution in [1.29, 1.82) is 0 Å². The lowest BCUT2D eigenvalue weighted by molar-refractivity contribution is -0.127. The first-order valence-corrected chi connectivity index (χ1v) is 24.4. The Morgan fingerprint density at radius 3 is 1.41 bits per heavy atom. The van der Waals surface area contributed by atoms with E-state index in [9.17, 15) is 22.0 Å². The molecule has 0 fully saturated rings. The van der Waals surface area contributed by atoms with E-state index in [-0.39, 0.29) is 53.0 Å². The highest BCUT2D eigenvalue weighted by Crippen LogP contribution is 2.26. The smallest absolute Gasteiger partial charge is 0.393 e. The highest BCUT2D eigenvalue weighted by Gasteiger charge is 2.28. The molecular formula is C57H95F5N6O5S. The van der Waals surface area contributed by atoms with Crippen LogP contribution in [0.4, 0.5) is 22.0 Å². The van der Waals surface area contributed by atoms with Crippen molar-refractivity contribution < 1.29 is 44.1 Å². The number of thiazole rings is 1. The molecule has 0 radical (unpaired) electrons. The quantitative estimate of drug-likeness (QED) is 0.129. The molecule has 0 aliphatic heterocycles. The van der Waals surface area contributed by atoms with Crippen LogP contribution in [0.2, 0.25) is 0 Å². The van der Waals surface area contributed by atoms with Gasteiger partial charge in [0.2, 0.25) is 11.7 Å². The second-order valence-electron chi connectivity index (χ2n) is 19.0. The van der Waals surface area contributed by atoms with E-state index in [2.05, 4.69) is 118 Å². The van der Waals surface area contributed by atoms with Crippen molar-refractivity contribution in [2.75, 3.05) is 0 Å². The van der Waals surface area contributed by atoms with Crippen molar-refractivity contribution in [2.45, 2.75) is 222 Å². The van der Waals surface area contributed by atoms with Gasteiger partial charge in [-0.25, -0.2) is 18.7 Å². The van der Waals surface area contributed by atoms with Gasteiger partial charge in [0.1, 0.15) is 29.3 Å². The highest BCUT2D eigenvalue weighted by atomic mass is 32.1. The molecule has 7 aromatic heterocycles. The molecule has 0 saturated carbocycles. The number of oxazole rings is 1.